The van der Waals surface area contributed by atoms with Crippen molar-refractivity contribution in [2.24, 2.45) is 0 Å². The van der Waals surface area contributed by atoms with E-state index in [1.807, 2.05) is 0 Å². The third kappa shape index (κ3) is 4.28. The van der Waals surface area contributed by atoms with Crippen LogP contribution in [0.4, 0.5) is 0 Å². The van der Waals surface area contributed by atoms with E-state index in [0.29, 0.717) is 6.10 Å². The molecular weight excluding hydrogens is 216 g/mol. The Bertz CT molecular complexity index is 234. The molecule has 4 nitrogen and oxygen atoms in total. The molecule has 17 heavy (non-hydrogen) atoms. The highest BCUT2D eigenvalue weighted by atomic mass is 16.5. The van der Waals surface area contributed by atoms with Crippen LogP contribution >= 0.6 is 0 Å². The van der Waals surface area contributed by atoms with Crippen LogP contribution in [0.2, 0.25) is 0 Å². The summed E-state index contributed by atoms with van der Waals surface area (Å²) in [6, 6.07) is 0.0380. The molecule has 2 heterocycles. The van der Waals surface area contributed by atoms with Crippen LogP contribution in [0.5, 0.6) is 0 Å². The molecule has 2 atom stereocenters. The van der Waals surface area contributed by atoms with Gasteiger partial charge >= 0.3 is 0 Å². The number of nitrogens with one attached hydrogen (secondary N) is 2. The Morgan fingerprint density at radius 3 is 2.82 bits per heavy atom. The normalized spacial score (nSPS) is 29.9. The van der Waals surface area contributed by atoms with Crippen LogP contribution in [-0.4, -0.2) is 37.7 Å². The number of ether oxygens (including phenoxy) is 1. The maximum Gasteiger partial charge on any atom is 0.237 e. The quantitative estimate of drug-likeness (QED) is 0.776. The van der Waals surface area contributed by atoms with E-state index in [-0.39, 0.29) is 11.9 Å². The Hall–Kier alpha value is -0.610. The minimum atomic E-state index is 0.0380. The Morgan fingerprint density at radius 1 is 1.24 bits per heavy atom. The predicted octanol–water partition coefficient (Wildman–Crippen LogP) is 1.20. The van der Waals surface area contributed by atoms with E-state index < -0.39 is 0 Å². The lowest BCUT2D eigenvalue weighted by atomic mass is 10.0. The van der Waals surface area contributed by atoms with Crippen LogP contribution in [-0.2, 0) is 9.53 Å². The fourth-order valence-electron chi connectivity index (χ4n) is 2.59. The first-order valence-electron chi connectivity index (χ1n) is 6.99. The molecule has 0 aliphatic carbocycles. The van der Waals surface area contributed by atoms with E-state index >= 15 is 0 Å². The molecule has 2 N–H and O–H groups in total. The lowest BCUT2D eigenvalue weighted by molar-refractivity contribution is -0.123. The molecule has 0 aromatic heterocycles. The number of carbonyl (C=O) groups excluding carboxylic acids is 1. The molecule has 1 amide bonds. The number of hydrogen-bond donors (Lipinski definition) is 2. The van der Waals surface area contributed by atoms with Gasteiger partial charge in [-0.25, -0.2) is 0 Å². The van der Waals surface area contributed by atoms with Crippen molar-refractivity contribution in [1.82, 2.24) is 10.6 Å². The lowest BCUT2D eigenvalue weighted by Crippen LogP contribution is -2.47. The van der Waals surface area contributed by atoms with E-state index in [0.717, 1.165) is 45.4 Å². The third-order valence-corrected chi connectivity index (χ3v) is 3.67. The molecule has 0 spiro atoms. The molecule has 0 saturated carbocycles. The van der Waals surface area contributed by atoms with Gasteiger partial charge in [-0.1, -0.05) is 6.42 Å². The van der Waals surface area contributed by atoms with E-state index in [1.165, 1.54) is 19.3 Å². The van der Waals surface area contributed by atoms with E-state index in [1.54, 1.807) is 0 Å². The minimum Gasteiger partial charge on any atom is -0.378 e. The zero-order valence-electron chi connectivity index (χ0n) is 10.5. The first kappa shape index (κ1) is 12.8. The summed E-state index contributed by atoms with van der Waals surface area (Å²) in [7, 11) is 0. The van der Waals surface area contributed by atoms with Crippen LogP contribution in [0, 0.1) is 0 Å². The Balaban J connectivity index is 1.58. The summed E-state index contributed by atoms with van der Waals surface area (Å²) >= 11 is 0. The maximum absolute atomic E-state index is 11.8. The van der Waals surface area contributed by atoms with Crippen molar-refractivity contribution < 1.29 is 9.53 Å². The number of amides is 1. The van der Waals surface area contributed by atoms with Crippen molar-refractivity contribution in [1.29, 1.82) is 0 Å². The van der Waals surface area contributed by atoms with Gasteiger partial charge < -0.3 is 15.4 Å². The highest BCUT2D eigenvalue weighted by Gasteiger charge is 2.20. The molecule has 98 valence electrons. The molecule has 2 rings (SSSR count). The Labute approximate surface area is 103 Å². The van der Waals surface area contributed by atoms with Crippen molar-refractivity contribution in [2.45, 2.75) is 57.1 Å². The van der Waals surface area contributed by atoms with Gasteiger partial charge in [0.05, 0.1) is 12.1 Å². The van der Waals surface area contributed by atoms with Gasteiger partial charge in [0.2, 0.25) is 5.91 Å². The van der Waals surface area contributed by atoms with E-state index in [2.05, 4.69) is 10.6 Å². The summed E-state index contributed by atoms with van der Waals surface area (Å²) in [6.07, 6.45) is 8.26. The highest BCUT2D eigenvalue weighted by Crippen LogP contribution is 2.15. The van der Waals surface area contributed by atoms with E-state index in [4.69, 9.17) is 4.74 Å². The molecule has 0 aromatic carbocycles. The molecule has 0 bridgehead atoms. The smallest absolute Gasteiger partial charge is 0.237 e. The van der Waals surface area contributed by atoms with Crippen molar-refractivity contribution in [3.63, 3.8) is 0 Å². The molecular formula is C13H24N2O2. The van der Waals surface area contributed by atoms with Crippen LogP contribution in [0.15, 0.2) is 0 Å². The number of rotatable bonds is 4. The van der Waals surface area contributed by atoms with Crippen LogP contribution < -0.4 is 10.6 Å². The SMILES string of the molecule is O=C(NCCC1CCCCO1)[C@@H]1CCCCN1. The molecule has 2 fully saturated rings. The van der Waals surface area contributed by atoms with Gasteiger partial charge in [-0.15, -0.1) is 0 Å². The zero-order chi connectivity index (χ0) is 11.9. The summed E-state index contributed by atoms with van der Waals surface area (Å²) in [5.41, 5.74) is 0. The fraction of sp³-hybridized carbons (Fsp3) is 0.923. The molecule has 2 aliphatic heterocycles. The van der Waals surface area contributed by atoms with Gasteiger partial charge in [0.15, 0.2) is 0 Å². The summed E-state index contributed by atoms with van der Waals surface area (Å²) in [5, 5.41) is 6.28. The number of hydrogen-bond acceptors (Lipinski definition) is 3. The average molecular weight is 240 g/mol. The standard InChI is InChI=1S/C13H24N2O2/c16-13(12-6-1-3-8-14-12)15-9-7-11-5-2-4-10-17-11/h11-12,14H,1-10H2,(H,15,16)/t11?,12-/m0/s1. The second kappa shape index (κ2) is 6.97. The van der Waals surface area contributed by atoms with Gasteiger partial charge in [-0.3, -0.25) is 4.79 Å². The van der Waals surface area contributed by atoms with Crippen molar-refractivity contribution >= 4 is 5.91 Å². The van der Waals surface area contributed by atoms with Crippen LogP contribution in [0.3, 0.4) is 0 Å². The average Bonchev–Trinajstić information content (AvgIpc) is 2.41. The van der Waals surface area contributed by atoms with Crippen LogP contribution in [0.25, 0.3) is 0 Å². The second-order valence-corrected chi connectivity index (χ2v) is 5.07. The summed E-state index contributed by atoms with van der Waals surface area (Å²) in [4.78, 5) is 11.8. The molecule has 4 heteroatoms. The second-order valence-electron chi connectivity index (χ2n) is 5.07. The lowest BCUT2D eigenvalue weighted by Gasteiger charge is -2.24. The summed E-state index contributed by atoms with van der Waals surface area (Å²) in [6.45, 7) is 2.62. The van der Waals surface area contributed by atoms with Gasteiger partial charge in [0, 0.05) is 13.2 Å². The topological polar surface area (TPSA) is 50.4 Å². The highest BCUT2D eigenvalue weighted by molar-refractivity contribution is 5.81. The Morgan fingerprint density at radius 2 is 2.12 bits per heavy atom. The molecule has 0 aromatic rings. The van der Waals surface area contributed by atoms with E-state index in [9.17, 15) is 4.79 Å². The molecule has 2 saturated heterocycles. The monoisotopic (exact) mass is 240 g/mol. The molecule has 1 unspecified atom stereocenters. The van der Waals surface area contributed by atoms with Gasteiger partial charge in [0.1, 0.15) is 0 Å². The Kier molecular flexibility index (Phi) is 5.26. The molecule has 2 aliphatic rings. The minimum absolute atomic E-state index is 0.0380. The first-order valence-corrected chi connectivity index (χ1v) is 6.99. The largest absolute Gasteiger partial charge is 0.378 e. The van der Waals surface area contributed by atoms with Crippen molar-refractivity contribution in [3.8, 4) is 0 Å². The molecule has 0 radical (unpaired) electrons. The summed E-state index contributed by atoms with van der Waals surface area (Å²) < 4.78 is 5.64. The van der Waals surface area contributed by atoms with Gasteiger partial charge in [-0.05, 0) is 45.1 Å². The summed E-state index contributed by atoms with van der Waals surface area (Å²) in [5.74, 6) is 0.167. The van der Waals surface area contributed by atoms with Crippen molar-refractivity contribution in [3.05, 3.63) is 0 Å². The zero-order valence-corrected chi connectivity index (χ0v) is 10.5. The number of carbonyl (C=O) groups is 1. The van der Waals surface area contributed by atoms with Gasteiger partial charge in [0.25, 0.3) is 0 Å². The van der Waals surface area contributed by atoms with Gasteiger partial charge in [-0.2, -0.15) is 0 Å². The maximum atomic E-state index is 11.8. The van der Waals surface area contributed by atoms with Crippen LogP contribution in [0.1, 0.15) is 44.9 Å². The number of piperidine rings is 1. The first-order chi connectivity index (χ1) is 8.36. The third-order valence-electron chi connectivity index (χ3n) is 3.67. The fourth-order valence-corrected chi connectivity index (χ4v) is 2.59. The van der Waals surface area contributed by atoms with Crippen molar-refractivity contribution in [2.75, 3.05) is 19.7 Å². The predicted molar refractivity (Wildman–Crippen MR) is 66.9 cm³/mol.